The van der Waals surface area contributed by atoms with E-state index in [1.807, 2.05) is 0 Å². The first-order valence-corrected chi connectivity index (χ1v) is 12.7. The summed E-state index contributed by atoms with van der Waals surface area (Å²) < 4.78 is 10.8. The summed E-state index contributed by atoms with van der Waals surface area (Å²) in [5.74, 6) is 0.174. The van der Waals surface area contributed by atoms with Crippen molar-refractivity contribution in [3.8, 4) is 0 Å². The van der Waals surface area contributed by atoms with E-state index in [-0.39, 0.29) is 23.1 Å². The van der Waals surface area contributed by atoms with Gasteiger partial charge in [0.15, 0.2) is 8.32 Å². The Morgan fingerprint density at radius 3 is 2.32 bits per heavy atom. The molecule has 0 aromatic heterocycles. The van der Waals surface area contributed by atoms with E-state index in [4.69, 9.17) is 44.0 Å². The van der Waals surface area contributed by atoms with E-state index < -0.39 is 12.1 Å². The molecule has 0 bridgehead atoms. The average molecular weight is 501 g/mol. The highest BCUT2D eigenvalue weighted by atomic mass is 127. The summed E-state index contributed by atoms with van der Waals surface area (Å²) in [5, 5.41) is 0.129. The molecule has 130 valence electrons. The number of alkyl halides is 4. The van der Waals surface area contributed by atoms with Gasteiger partial charge >= 0.3 is 0 Å². The second-order valence-electron chi connectivity index (χ2n) is 7.07. The molecule has 0 N–H and O–H groups in total. The van der Waals surface area contributed by atoms with Crippen LogP contribution in [0.4, 0.5) is 0 Å². The van der Waals surface area contributed by atoms with Gasteiger partial charge < -0.3 is 9.16 Å². The van der Waals surface area contributed by atoms with E-state index in [1.54, 1.807) is 0 Å². The zero-order valence-electron chi connectivity index (χ0n) is 13.9. The molecule has 0 aromatic carbocycles. The lowest BCUT2D eigenvalue weighted by molar-refractivity contribution is 0.0717. The molecule has 0 spiro atoms. The highest BCUT2D eigenvalue weighted by molar-refractivity contribution is 14.1. The Balaban J connectivity index is 3.03. The highest BCUT2D eigenvalue weighted by Gasteiger charge is 2.45. The summed E-state index contributed by atoms with van der Waals surface area (Å²) in [6, 6.07) is -0.0564. The SMILES string of the molecule is CC[C@H](I)[C@H]1N=C(C(Cl)(Cl)Cl)OC[C@H]1O[Si](C)(C)C(C)(C)C. The largest absolute Gasteiger partial charge is 0.475 e. The van der Waals surface area contributed by atoms with Crippen LogP contribution in [0.1, 0.15) is 34.1 Å². The van der Waals surface area contributed by atoms with Crippen LogP contribution in [0, 0.1) is 0 Å². The van der Waals surface area contributed by atoms with Crippen molar-refractivity contribution in [3.63, 3.8) is 0 Å². The molecule has 1 aliphatic rings. The van der Waals surface area contributed by atoms with Crippen molar-refractivity contribution in [2.45, 2.75) is 72.1 Å². The molecular weight excluding hydrogens is 476 g/mol. The molecule has 1 aliphatic heterocycles. The Labute approximate surface area is 163 Å². The van der Waals surface area contributed by atoms with Gasteiger partial charge in [0, 0.05) is 3.92 Å². The number of hydrogen-bond acceptors (Lipinski definition) is 3. The van der Waals surface area contributed by atoms with Crippen molar-refractivity contribution < 1.29 is 9.16 Å². The Hall–Kier alpha value is 1.25. The molecule has 8 heteroatoms. The monoisotopic (exact) mass is 499 g/mol. The Kier molecular flexibility index (Phi) is 7.40. The molecule has 0 aromatic rings. The van der Waals surface area contributed by atoms with Gasteiger partial charge in [0.2, 0.25) is 5.90 Å². The van der Waals surface area contributed by atoms with Crippen LogP contribution < -0.4 is 0 Å². The van der Waals surface area contributed by atoms with Gasteiger partial charge in [-0.25, -0.2) is 4.99 Å². The lowest BCUT2D eigenvalue weighted by Crippen LogP contribution is -2.52. The van der Waals surface area contributed by atoms with Crippen LogP contribution in [0.15, 0.2) is 4.99 Å². The minimum absolute atomic E-state index is 0.0564. The zero-order valence-corrected chi connectivity index (χ0v) is 19.3. The van der Waals surface area contributed by atoms with Crippen LogP contribution in [-0.2, 0) is 9.16 Å². The maximum Gasteiger partial charge on any atom is 0.266 e. The number of aliphatic imine (C=N–C) groups is 1. The van der Waals surface area contributed by atoms with E-state index in [0.717, 1.165) is 6.42 Å². The van der Waals surface area contributed by atoms with E-state index in [9.17, 15) is 0 Å². The molecule has 22 heavy (non-hydrogen) atoms. The molecule has 0 radical (unpaired) electrons. The average Bonchev–Trinajstić information content (AvgIpc) is 2.35. The van der Waals surface area contributed by atoms with Crippen molar-refractivity contribution in [2.24, 2.45) is 4.99 Å². The Morgan fingerprint density at radius 2 is 1.91 bits per heavy atom. The fourth-order valence-corrected chi connectivity index (χ4v) is 4.14. The summed E-state index contributed by atoms with van der Waals surface area (Å²) >= 11 is 20.2. The molecule has 1 heterocycles. The fourth-order valence-electron chi connectivity index (χ4n) is 1.88. The topological polar surface area (TPSA) is 30.8 Å². The Bertz CT molecular complexity index is 421. The minimum Gasteiger partial charge on any atom is -0.475 e. The quantitative estimate of drug-likeness (QED) is 0.279. The fraction of sp³-hybridized carbons (Fsp3) is 0.929. The van der Waals surface area contributed by atoms with Crippen molar-refractivity contribution >= 4 is 71.6 Å². The van der Waals surface area contributed by atoms with Crippen molar-refractivity contribution in [2.75, 3.05) is 6.61 Å². The molecule has 1 rings (SSSR count). The molecule has 0 amide bonds. The molecule has 0 aliphatic carbocycles. The maximum absolute atomic E-state index is 6.51. The van der Waals surface area contributed by atoms with Crippen molar-refractivity contribution in [3.05, 3.63) is 0 Å². The van der Waals surface area contributed by atoms with Crippen LogP contribution >= 0.6 is 57.4 Å². The molecule has 0 unspecified atom stereocenters. The third-order valence-electron chi connectivity index (χ3n) is 4.29. The van der Waals surface area contributed by atoms with E-state index in [2.05, 4.69) is 68.4 Å². The third-order valence-corrected chi connectivity index (χ3v) is 10.9. The Morgan fingerprint density at radius 1 is 1.36 bits per heavy atom. The maximum atomic E-state index is 6.51. The summed E-state index contributed by atoms with van der Waals surface area (Å²) in [6.07, 6.45) is 0.873. The van der Waals surface area contributed by atoms with Gasteiger partial charge in [0.05, 0.1) is 6.04 Å². The van der Waals surface area contributed by atoms with Gasteiger partial charge in [-0.15, -0.1) is 0 Å². The van der Waals surface area contributed by atoms with Crippen LogP contribution in [0.2, 0.25) is 18.1 Å². The molecule has 3 nitrogen and oxygen atoms in total. The molecule has 0 fully saturated rings. The summed E-state index contributed by atoms with van der Waals surface area (Å²) in [5.41, 5.74) is 0. The van der Waals surface area contributed by atoms with Gasteiger partial charge in [0.25, 0.3) is 3.79 Å². The lowest BCUT2D eigenvalue weighted by Gasteiger charge is -2.43. The predicted octanol–water partition coefficient (Wildman–Crippen LogP) is 5.76. The standard InChI is InChI=1S/C14H25Cl3INO2Si/c1-7-9(18)11-10(21-22(5,6)13(2,3)4)8-20-12(19-11)14(15,16)17/h9-11H,7-8H2,1-6H3/t9-,10+,11+/m0/s1. The smallest absolute Gasteiger partial charge is 0.266 e. The zero-order chi connectivity index (χ0) is 17.3. The van der Waals surface area contributed by atoms with E-state index in [0.29, 0.717) is 10.5 Å². The molecule has 0 saturated heterocycles. The molecule has 3 atom stereocenters. The van der Waals surface area contributed by atoms with Crippen LogP contribution in [0.5, 0.6) is 0 Å². The second kappa shape index (κ2) is 7.64. The molecular formula is C14H25Cl3INO2Si. The molecule has 0 saturated carbocycles. The second-order valence-corrected chi connectivity index (χ2v) is 15.7. The number of hydrogen-bond donors (Lipinski definition) is 0. The first-order chi connectivity index (χ1) is 9.79. The van der Waals surface area contributed by atoms with E-state index >= 15 is 0 Å². The minimum atomic E-state index is -1.91. The summed E-state index contributed by atoms with van der Waals surface area (Å²) in [6.45, 7) is 13.6. The number of halogens is 4. The third kappa shape index (κ3) is 5.38. The van der Waals surface area contributed by atoms with Crippen LogP contribution in [0.3, 0.4) is 0 Å². The lowest BCUT2D eigenvalue weighted by atomic mass is 10.1. The number of rotatable bonds is 4. The van der Waals surface area contributed by atoms with Crippen LogP contribution in [0.25, 0.3) is 0 Å². The van der Waals surface area contributed by atoms with Crippen molar-refractivity contribution in [1.82, 2.24) is 0 Å². The van der Waals surface area contributed by atoms with Gasteiger partial charge in [-0.05, 0) is 24.6 Å². The highest BCUT2D eigenvalue weighted by Crippen LogP contribution is 2.40. The van der Waals surface area contributed by atoms with Gasteiger partial charge in [-0.2, -0.15) is 0 Å². The summed E-state index contributed by atoms with van der Waals surface area (Å²) in [4.78, 5) is 4.56. The first kappa shape index (κ1) is 21.3. The normalized spacial score (nSPS) is 25.5. The first-order valence-electron chi connectivity index (χ1n) is 7.39. The predicted molar refractivity (Wildman–Crippen MR) is 108 cm³/mol. The van der Waals surface area contributed by atoms with Crippen LogP contribution in [-0.4, -0.2) is 40.7 Å². The van der Waals surface area contributed by atoms with Crippen molar-refractivity contribution in [1.29, 1.82) is 0 Å². The number of nitrogens with zero attached hydrogens (tertiary/aromatic N) is 1. The van der Waals surface area contributed by atoms with Gasteiger partial charge in [-0.1, -0.05) is 85.1 Å². The number of ether oxygens (including phenoxy) is 1. The van der Waals surface area contributed by atoms with Gasteiger partial charge in [-0.3, -0.25) is 0 Å². The van der Waals surface area contributed by atoms with E-state index in [1.165, 1.54) is 0 Å². The van der Waals surface area contributed by atoms with Gasteiger partial charge in [0.1, 0.15) is 12.7 Å². The summed E-state index contributed by atoms with van der Waals surface area (Å²) in [7, 11) is -1.91.